The molecule has 0 amide bonds. The summed E-state index contributed by atoms with van der Waals surface area (Å²) >= 11 is 11.8. The number of hydrogen-bond acceptors (Lipinski definition) is 5. The summed E-state index contributed by atoms with van der Waals surface area (Å²) in [6.07, 6.45) is 6.75. The molecule has 1 N–H and O–H groups in total. The topological polar surface area (TPSA) is 57.0 Å². The molecule has 6 nitrogen and oxygen atoms in total. The van der Waals surface area contributed by atoms with Gasteiger partial charge in [-0.15, -0.1) is 0 Å². The normalized spacial score (nSPS) is 17.5. The van der Waals surface area contributed by atoms with E-state index in [2.05, 4.69) is 132 Å². The number of fused-ring (bicyclic) bond motifs is 2. The van der Waals surface area contributed by atoms with Gasteiger partial charge in [0.1, 0.15) is 7.05 Å². The third kappa shape index (κ3) is 5.39. The number of para-hydroxylation sites is 1. The highest BCUT2D eigenvalue weighted by molar-refractivity contribution is 6.31. The lowest BCUT2D eigenvalue weighted by Crippen LogP contribution is -2.27. The van der Waals surface area contributed by atoms with Gasteiger partial charge in [-0.3, -0.25) is 0 Å². The first-order valence-corrected chi connectivity index (χ1v) is 13.6. The van der Waals surface area contributed by atoms with Crippen LogP contribution in [0, 0.1) is 0 Å². The summed E-state index contributed by atoms with van der Waals surface area (Å²) in [5.41, 5.74) is 8.66. The number of halogens is 2. The number of allylic oxidation sites excluding steroid dienone is 4. The van der Waals surface area contributed by atoms with E-state index in [1.807, 2.05) is 0 Å². The molecule has 0 saturated heterocycles. The van der Waals surface area contributed by atoms with Crippen molar-refractivity contribution in [2.75, 3.05) is 23.8 Å². The summed E-state index contributed by atoms with van der Waals surface area (Å²) in [7, 11) is 2.14. The van der Waals surface area contributed by atoms with Crippen molar-refractivity contribution < 1.29 is 4.58 Å². The van der Waals surface area contributed by atoms with Crippen LogP contribution in [0.25, 0.3) is 0 Å². The Labute approximate surface area is 249 Å². The van der Waals surface area contributed by atoms with E-state index >= 15 is 0 Å². The molecule has 1 aromatic heterocycles. The maximum Gasteiger partial charge on any atom is 0.228 e. The number of benzene rings is 2. The van der Waals surface area contributed by atoms with Crippen molar-refractivity contribution in [1.82, 2.24) is 15.0 Å². The second kappa shape index (κ2) is 11.7. The summed E-state index contributed by atoms with van der Waals surface area (Å²) in [5, 5.41) is 3.33. The summed E-state index contributed by atoms with van der Waals surface area (Å²) in [6, 6.07) is 15.3. The Bertz CT molecular complexity index is 1480. The maximum absolute atomic E-state index is 5.91. The number of hydrogen-bond donors (Lipinski definition) is 1. The molecule has 0 saturated carbocycles. The van der Waals surface area contributed by atoms with Gasteiger partial charge in [-0.1, -0.05) is 59.0 Å². The summed E-state index contributed by atoms with van der Waals surface area (Å²) < 4.78 is 2.29. The fourth-order valence-electron chi connectivity index (χ4n) is 5.79. The van der Waals surface area contributed by atoms with Gasteiger partial charge in [0, 0.05) is 47.6 Å². The van der Waals surface area contributed by atoms with E-state index in [9.17, 15) is 0 Å². The van der Waals surface area contributed by atoms with Crippen molar-refractivity contribution in [2.24, 2.45) is 0 Å². The van der Waals surface area contributed by atoms with Crippen LogP contribution in [0.4, 0.5) is 17.3 Å². The monoisotopic (exact) mass is 579 g/mol. The summed E-state index contributed by atoms with van der Waals surface area (Å²) in [4.78, 5) is 14.4. The molecule has 8 heteroatoms. The van der Waals surface area contributed by atoms with Gasteiger partial charge < -0.3 is 10.2 Å². The zero-order chi connectivity index (χ0) is 27.2. The van der Waals surface area contributed by atoms with Crippen molar-refractivity contribution >= 4 is 46.2 Å². The average molecular weight is 581 g/mol. The third-order valence-electron chi connectivity index (χ3n) is 7.75. The molecule has 0 radical (unpaired) electrons. The van der Waals surface area contributed by atoms with Crippen LogP contribution >= 0.6 is 23.2 Å². The van der Waals surface area contributed by atoms with Gasteiger partial charge in [-0.25, -0.2) is 0 Å². The van der Waals surface area contributed by atoms with E-state index in [0.29, 0.717) is 12.5 Å². The smallest absolute Gasteiger partial charge is 0.228 e. The average Bonchev–Trinajstić information content (AvgIpc) is 3.20. The number of rotatable bonds is 6. The van der Waals surface area contributed by atoms with Crippen molar-refractivity contribution in [3.63, 3.8) is 0 Å². The molecule has 0 spiro atoms. The number of anilines is 2. The zero-order valence-corrected chi connectivity index (χ0v) is 24.2. The van der Waals surface area contributed by atoms with Crippen molar-refractivity contribution in [1.29, 1.82) is 0 Å². The molecular weight excluding hydrogens is 539 g/mol. The van der Waals surface area contributed by atoms with Gasteiger partial charge in [-0.2, -0.15) is 19.5 Å². The van der Waals surface area contributed by atoms with Crippen LogP contribution in [-0.2, 0) is 17.4 Å². The minimum atomic E-state index is -0.159. The van der Waals surface area contributed by atoms with Gasteiger partial charge in [0.05, 0.1) is 5.41 Å². The fourth-order valence-corrected chi connectivity index (χ4v) is 6.15. The van der Waals surface area contributed by atoms with E-state index in [4.69, 9.17) is 23.2 Å². The van der Waals surface area contributed by atoms with Gasteiger partial charge in [0.15, 0.2) is 5.71 Å². The first-order chi connectivity index (χ1) is 18.0. The molecule has 0 bridgehead atoms. The predicted molar refractivity (Wildman–Crippen MR) is 171 cm³/mol. The first-order valence-electron chi connectivity index (χ1n) is 12.9. The van der Waals surface area contributed by atoms with E-state index in [-0.39, 0.29) is 36.3 Å². The molecule has 40 heavy (non-hydrogen) atoms. The van der Waals surface area contributed by atoms with Crippen LogP contribution in [0.2, 0.25) is 10.6 Å². The largest absolute Gasteiger partial charge is 0.350 e. The molecule has 2 aliphatic heterocycles. The van der Waals surface area contributed by atoms with Gasteiger partial charge in [-0.05, 0) is 73.3 Å². The molecule has 0 unspecified atom stereocenters. The predicted octanol–water partition coefficient (Wildman–Crippen LogP) is 8.33. The van der Waals surface area contributed by atoms with Crippen LogP contribution in [0.5, 0.6) is 0 Å². The summed E-state index contributed by atoms with van der Waals surface area (Å²) in [5.74, 6) is 0.355. The van der Waals surface area contributed by atoms with Crippen LogP contribution in [0.1, 0.15) is 66.2 Å². The third-order valence-corrected chi connectivity index (χ3v) is 8.09. The number of aromatic nitrogens is 3. The quantitative estimate of drug-likeness (QED) is 0.297. The van der Waals surface area contributed by atoms with Gasteiger partial charge in [0.2, 0.25) is 22.2 Å². The Kier molecular flexibility index (Phi) is 9.17. The molecule has 5 rings (SSSR count). The Hall–Kier alpha value is -3.22. The van der Waals surface area contributed by atoms with E-state index < -0.39 is 0 Å². The van der Waals surface area contributed by atoms with Crippen LogP contribution in [0.15, 0.2) is 66.4 Å². The standard InChI is InChI=1S/C30H33Cl2N6.2CH4/c1-7-38-23-12-9-8-11-20(23)29(2,3)25(38)14-10-13-24-30(4,5)21-17-19(15-16-22(21)37(24)6)18-33-28-35-26(31)34-27(32)36-28;;/h8-17H,7,18H2,1-6H3,(H,33,34,35,36);2*1H4/q+1;;. The molecule has 2 aromatic carbocycles. The van der Waals surface area contributed by atoms with Crippen LogP contribution in [0.3, 0.4) is 0 Å². The van der Waals surface area contributed by atoms with Crippen molar-refractivity contribution in [3.05, 3.63) is 93.6 Å². The second-order valence-electron chi connectivity index (χ2n) is 10.8. The highest BCUT2D eigenvalue weighted by Gasteiger charge is 2.43. The minimum absolute atomic E-state index is 0. The molecule has 0 aliphatic carbocycles. The second-order valence-corrected chi connectivity index (χ2v) is 11.4. The van der Waals surface area contributed by atoms with E-state index in [0.717, 1.165) is 12.1 Å². The highest BCUT2D eigenvalue weighted by Crippen LogP contribution is 2.47. The Morgan fingerprint density at radius 2 is 1.60 bits per heavy atom. The molecule has 212 valence electrons. The van der Waals surface area contributed by atoms with E-state index in [1.54, 1.807) is 0 Å². The lowest BCUT2D eigenvalue weighted by atomic mass is 9.80. The van der Waals surface area contributed by atoms with E-state index in [1.165, 1.54) is 33.9 Å². The zero-order valence-electron chi connectivity index (χ0n) is 22.7. The molecule has 0 atom stereocenters. The number of likely N-dealkylation sites (N-methyl/N-ethyl adjacent to an activating group) is 1. The molecule has 2 aliphatic rings. The molecule has 3 heterocycles. The Morgan fingerprint density at radius 3 is 2.27 bits per heavy atom. The summed E-state index contributed by atoms with van der Waals surface area (Å²) in [6.45, 7) is 12.9. The van der Waals surface area contributed by atoms with Crippen molar-refractivity contribution in [2.45, 2.75) is 66.8 Å². The van der Waals surface area contributed by atoms with Crippen molar-refractivity contribution in [3.8, 4) is 0 Å². The molecular formula is C32H41Cl2N6+. The van der Waals surface area contributed by atoms with Gasteiger partial charge in [0.25, 0.3) is 0 Å². The highest BCUT2D eigenvalue weighted by atomic mass is 35.5. The molecule has 0 fully saturated rings. The first kappa shape index (κ1) is 31.3. The number of nitrogens with zero attached hydrogens (tertiary/aromatic N) is 5. The number of nitrogens with one attached hydrogen (secondary N) is 1. The Morgan fingerprint density at radius 1 is 0.925 bits per heavy atom. The SMILES string of the molecule is C.C.CCN1C(=CC=CC2=[N+](C)c3ccc(CNc4nc(Cl)nc(Cl)n4)cc3C2(C)C)C(C)(C)c2ccccc21. The maximum atomic E-state index is 5.91. The van der Waals surface area contributed by atoms with Crippen LogP contribution < -0.4 is 10.2 Å². The fraction of sp³-hybridized carbons (Fsp3) is 0.375. The lowest BCUT2D eigenvalue weighted by molar-refractivity contribution is -0.401. The van der Waals surface area contributed by atoms with Crippen LogP contribution in [-0.4, -0.2) is 38.8 Å². The lowest BCUT2D eigenvalue weighted by Gasteiger charge is -2.25. The van der Waals surface area contributed by atoms with Gasteiger partial charge >= 0.3 is 0 Å². The molecule has 3 aromatic rings. The minimum Gasteiger partial charge on any atom is -0.350 e. The Balaban J connectivity index is 0.00000220.